The van der Waals surface area contributed by atoms with Crippen molar-refractivity contribution in [3.63, 3.8) is 0 Å². The molecule has 2 aliphatic rings. The van der Waals surface area contributed by atoms with E-state index in [-0.39, 0.29) is 11.8 Å². The molecule has 0 aromatic heterocycles. The van der Waals surface area contributed by atoms with Gasteiger partial charge in [0.2, 0.25) is 5.91 Å². The van der Waals surface area contributed by atoms with E-state index in [1.165, 1.54) is 18.4 Å². The van der Waals surface area contributed by atoms with Crippen molar-refractivity contribution in [2.24, 2.45) is 11.8 Å². The van der Waals surface area contributed by atoms with Crippen LogP contribution in [-0.2, 0) is 4.79 Å². The van der Waals surface area contributed by atoms with E-state index >= 15 is 0 Å². The van der Waals surface area contributed by atoms with E-state index in [9.17, 15) is 4.79 Å². The van der Waals surface area contributed by atoms with Crippen LogP contribution >= 0.6 is 0 Å². The molecule has 0 aliphatic carbocycles. The second-order valence-electron chi connectivity index (χ2n) is 6.62. The maximum atomic E-state index is 12.4. The minimum Gasteiger partial charge on any atom is -0.354 e. The van der Waals surface area contributed by atoms with Crippen molar-refractivity contribution in [1.29, 1.82) is 0 Å². The van der Waals surface area contributed by atoms with Gasteiger partial charge in [-0.2, -0.15) is 0 Å². The molecular formula is C18H27N3O. The zero-order valence-corrected chi connectivity index (χ0v) is 13.4. The lowest BCUT2D eigenvalue weighted by Gasteiger charge is -2.33. The molecule has 120 valence electrons. The lowest BCUT2D eigenvalue weighted by Crippen LogP contribution is -2.50. The predicted molar refractivity (Wildman–Crippen MR) is 88.5 cm³/mol. The third kappa shape index (κ3) is 3.50. The summed E-state index contributed by atoms with van der Waals surface area (Å²) in [6.45, 7) is 6.99. The largest absolute Gasteiger partial charge is 0.354 e. The van der Waals surface area contributed by atoms with Gasteiger partial charge in [0.15, 0.2) is 0 Å². The first-order valence-corrected chi connectivity index (χ1v) is 8.53. The SMILES string of the molecule is CC(C(=O)NCC(c1ccccc1)N1CCCC1)C1CNC1. The second-order valence-corrected chi connectivity index (χ2v) is 6.62. The molecule has 0 saturated carbocycles. The van der Waals surface area contributed by atoms with Crippen LogP contribution < -0.4 is 10.6 Å². The van der Waals surface area contributed by atoms with Crippen LogP contribution in [0.2, 0.25) is 0 Å². The summed E-state index contributed by atoms with van der Waals surface area (Å²) in [6, 6.07) is 10.9. The van der Waals surface area contributed by atoms with Crippen molar-refractivity contribution < 1.29 is 4.79 Å². The van der Waals surface area contributed by atoms with Gasteiger partial charge < -0.3 is 10.6 Å². The quantitative estimate of drug-likeness (QED) is 0.842. The van der Waals surface area contributed by atoms with E-state index in [1.807, 2.05) is 6.92 Å². The number of hydrogen-bond acceptors (Lipinski definition) is 3. The molecule has 1 amide bonds. The Morgan fingerprint density at radius 3 is 2.55 bits per heavy atom. The highest BCUT2D eigenvalue weighted by atomic mass is 16.1. The molecule has 2 N–H and O–H groups in total. The maximum absolute atomic E-state index is 12.4. The van der Waals surface area contributed by atoms with Gasteiger partial charge >= 0.3 is 0 Å². The van der Waals surface area contributed by atoms with Gasteiger partial charge in [-0.1, -0.05) is 37.3 Å². The maximum Gasteiger partial charge on any atom is 0.223 e. The van der Waals surface area contributed by atoms with Gasteiger partial charge in [0.05, 0.1) is 6.04 Å². The van der Waals surface area contributed by atoms with Gasteiger partial charge in [-0.15, -0.1) is 0 Å². The molecule has 2 unspecified atom stereocenters. The van der Waals surface area contributed by atoms with Gasteiger partial charge in [0.1, 0.15) is 0 Å². The highest BCUT2D eigenvalue weighted by Gasteiger charge is 2.30. The molecular weight excluding hydrogens is 274 g/mol. The topological polar surface area (TPSA) is 44.4 Å². The van der Waals surface area contributed by atoms with Crippen LogP contribution in [0, 0.1) is 11.8 Å². The van der Waals surface area contributed by atoms with Gasteiger partial charge in [-0.05, 0) is 50.5 Å². The Bertz CT molecular complexity index is 480. The number of rotatable bonds is 6. The van der Waals surface area contributed by atoms with Crippen LogP contribution in [0.15, 0.2) is 30.3 Å². The molecule has 2 saturated heterocycles. The van der Waals surface area contributed by atoms with Crippen molar-refractivity contribution in [3.8, 4) is 0 Å². The average Bonchev–Trinajstić information content (AvgIpc) is 3.00. The molecule has 3 rings (SSSR count). The minimum atomic E-state index is 0.108. The van der Waals surface area contributed by atoms with Gasteiger partial charge in [0.25, 0.3) is 0 Å². The van der Waals surface area contributed by atoms with E-state index in [4.69, 9.17) is 0 Å². The Labute approximate surface area is 133 Å². The van der Waals surface area contributed by atoms with E-state index in [1.54, 1.807) is 0 Å². The zero-order chi connectivity index (χ0) is 15.4. The zero-order valence-electron chi connectivity index (χ0n) is 13.4. The fraction of sp³-hybridized carbons (Fsp3) is 0.611. The number of carbonyl (C=O) groups excluding carboxylic acids is 1. The summed E-state index contributed by atoms with van der Waals surface area (Å²) < 4.78 is 0. The molecule has 4 nitrogen and oxygen atoms in total. The van der Waals surface area contributed by atoms with Crippen molar-refractivity contribution >= 4 is 5.91 Å². The molecule has 2 fully saturated rings. The summed E-state index contributed by atoms with van der Waals surface area (Å²) in [5.41, 5.74) is 1.31. The third-order valence-electron chi connectivity index (χ3n) is 5.17. The summed E-state index contributed by atoms with van der Waals surface area (Å²) in [5, 5.41) is 6.44. The summed E-state index contributed by atoms with van der Waals surface area (Å²) in [6.07, 6.45) is 2.53. The van der Waals surface area contributed by atoms with E-state index in [2.05, 4.69) is 45.9 Å². The van der Waals surface area contributed by atoms with Crippen LogP contribution in [0.3, 0.4) is 0 Å². The Balaban J connectivity index is 1.61. The molecule has 0 spiro atoms. The average molecular weight is 301 g/mol. The van der Waals surface area contributed by atoms with Gasteiger partial charge in [0, 0.05) is 12.5 Å². The molecule has 2 aliphatic heterocycles. The molecule has 4 heteroatoms. The number of carbonyl (C=O) groups is 1. The first kappa shape index (κ1) is 15.5. The molecule has 0 radical (unpaired) electrons. The number of hydrogen-bond donors (Lipinski definition) is 2. The van der Waals surface area contributed by atoms with Crippen molar-refractivity contribution in [2.45, 2.75) is 25.8 Å². The van der Waals surface area contributed by atoms with Crippen molar-refractivity contribution in [2.75, 3.05) is 32.7 Å². The Hall–Kier alpha value is -1.39. The van der Waals surface area contributed by atoms with Gasteiger partial charge in [-0.3, -0.25) is 9.69 Å². The van der Waals surface area contributed by atoms with Crippen LogP contribution in [-0.4, -0.2) is 43.5 Å². The van der Waals surface area contributed by atoms with Crippen molar-refractivity contribution in [1.82, 2.24) is 15.5 Å². The standard InChI is InChI=1S/C18H27N3O/c1-14(16-11-19-12-16)18(22)20-13-17(21-9-5-6-10-21)15-7-3-2-4-8-15/h2-4,7-8,14,16-17,19H,5-6,9-13H2,1H3,(H,20,22). The van der Waals surface area contributed by atoms with Crippen LogP contribution in [0.25, 0.3) is 0 Å². The summed E-state index contributed by atoms with van der Waals surface area (Å²) >= 11 is 0. The first-order valence-electron chi connectivity index (χ1n) is 8.53. The normalized spacial score (nSPS) is 22.0. The second kappa shape index (κ2) is 7.25. The monoisotopic (exact) mass is 301 g/mol. The van der Waals surface area contributed by atoms with Crippen molar-refractivity contribution in [3.05, 3.63) is 35.9 Å². The molecule has 0 bridgehead atoms. The van der Waals surface area contributed by atoms with E-state index in [0.717, 1.165) is 26.2 Å². The highest BCUT2D eigenvalue weighted by molar-refractivity contribution is 5.78. The predicted octanol–water partition coefficient (Wildman–Crippen LogP) is 1.80. The van der Waals surface area contributed by atoms with E-state index in [0.29, 0.717) is 18.5 Å². The fourth-order valence-corrected chi connectivity index (χ4v) is 3.42. The molecule has 2 atom stereocenters. The number of likely N-dealkylation sites (tertiary alicyclic amines) is 1. The lowest BCUT2D eigenvalue weighted by atomic mass is 9.88. The minimum absolute atomic E-state index is 0.108. The molecule has 1 aromatic rings. The molecule has 2 heterocycles. The highest BCUT2D eigenvalue weighted by Crippen LogP contribution is 2.25. The lowest BCUT2D eigenvalue weighted by molar-refractivity contribution is -0.126. The smallest absolute Gasteiger partial charge is 0.223 e. The first-order chi connectivity index (χ1) is 10.8. The molecule has 1 aromatic carbocycles. The van der Waals surface area contributed by atoms with Crippen LogP contribution in [0.1, 0.15) is 31.4 Å². The Morgan fingerprint density at radius 2 is 1.95 bits per heavy atom. The fourth-order valence-electron chi connectivity index (χ4n) is 3.42. The summed E-state index contributed by atoms with van der Waals surface area (Å²) in [7, 11) is 0. The summed E-state index contributed by atoms with van der Waals surface area (Å²) in [5.74, 6) is 0.810. The van der Waals surface area contributed by atoms with Crippen LogP contribution in [0.4, 0.5) is 0 Å². The number of amides is 1. The van der Waals surface area contributed by atoms with Gasteiger partial charge in [-0.25, -0.2) is 0 Å². The Morgan fingerprint density at radius 1 is 1.27 bits per heavy atom. The number of nitrogens with one attached hydrogen (secondary N) is 2. The molecule has 22 heavy (non-hydrogen) atoms. The summed E-state index contributed by atoms with van der Waals surface area (Å²) in [4.78, 5) is 14.9. The number of nitrogens with zero attached hydrogens (tertiary/aromatic N) is 1. The number of benzene rings is 1. The Kier molecular flexibility index (Phi) is 5.11. The third-order valence-corrected chi connectivity index (χ3v) is 5.17. The van der Waals surface area contributed by atoms with E-state index < -0.39 is 0 Å². The van der Waals surface area contributed by atoms with Crippen LogP contribution in [0.5, 0.6) is 0 Å².